The zero-order valence-corrected chi connectivity index (χ0v) is 18.1. The Bertz CT molecular complexity index is 1210. The number of nitrogens with one attached hydrogen (secondary N) is 2. The van der Waals surface area contributed by atoms with Crippen LogP contribution in [0.1, 0.15) is 41.4 Å². The van der Waals surface area contributed by atoms with Crippen molar-refractivity contribution in [1.82, 2.24) is 9.97 Å². The summed E-state index contributed by atoms with van der Waals surface area (Å²) in [6, 6.07) is 14.0. The van der Waals surface area contributed by atoms with Gasteiger partial charge in [-0.05, 0) is 31.5 Å². The second-order valence-electron chi connectivity index (χ2n) is 8.01. The number of rotatable bonds is 7. The lowest BCUT2D eigenvalue weighted by atomic mass is 10.00. The van der Waals surface area contributed by atoms with E-state index < -0.39 is 11.6 Å². The van der Waals surface area contributed by atoms with Crippen LogP contribution in [-0.2, 0) is 0 Å². The third-order valence-corrected chi connectivity index (χ3v) is 5.26. The minimum atomic E-state index is -0.909. The molecule has 2 aromatic carbocycles. The van der Waals surface area contributed by atoms with E-state index >= 15 is 0 Å². The zero-order chi connectivity index (χ0) is 23.6. The van der Waals surface area contributed by atoms with Crippen LogP contribution in [0.2, 0.25) is 0 Å². The molecule has 0 saturated carbocycles. The summed E-state index contributed by atoms with van der Waals surface area (Å²) in [5.41, 5.74) is 7.13. The highest BCUT2D eigenvalue weighted by Crippen LogP contribution is 2.37. The molecule has 4 rings (SSSR count). The van der Waals surface area contributed by atoms with Crippen LogP contribution in [0.3, 0.4) is 0 Å². The lowest BCUT2D eigenvalue weighted by molar-refractivity contribution is 0.0684. The van der Waals surface area contributed by atoms with Gasteiger partial charge in [0.1, 0.15) is 11.6 Å². The lowest BCUT2D eigenvalue weighted by Gasteiger charge is -2.19. The number of hydrogen-bond donors (Lipinski definition) is 5. The first-order valence-electron chi connectivity index (χ1n) is 10.2. The van der Waals surface area contributed by atoms with Crippen LogP contribution in [0, 0.1) is 0 Å². The smallest absolute Gasteiger partial charge is 0.229 e. The van der Waals surface area contributed by atoms with Crippen molar-refractivity contribution in [1.29, 1.82) is 0 Å². The summed E-state index contributed by atoms with van der Waals surface area (Å²) in [6.45, 7) is 3.23. The maximum Gasteiger partial charge on any atom is 0.229 e. The second-order valence-corrected chi connectivity index (χ2v) is 8.01. The average Bonchev–Trinajstić information content (AvgIpc) is 3.05. The molecule has 1 aromatic heterocycles. The number of Topliss-reactive ketones (excluding diaryl/α,β-unsaturated/α-hetero) is 1. The minimum Gasteiger partial charge on any atom is -0.479 e. The Kier molecular flexibility index (Phi) is 5.84. The van der Waals surface area contributed by atoms with Crippen molar-refractivity contribution < 1.29 is 19.8 Å². The number of benzene rings is 2. The molecule has 0 radical (unpaired) electrons. The molecule has 170 valence electrons. The number of anilines is 3. The van der Waals surface area contributed by atoms with E-state index in [-0.39, 0.29) is 35.6 Å². The van der Waals surface area contributed by atoms with Crippen molar-refractivity contribution in [3.8, 4) is 5.75 Å². The number of oxime groups is 1. The number of nitrogens with two attached hydrogens (primary N) is 1. The number of ketones is 1. The number of aromatic nitrogens is 2. The fourth-order valence-electron chi connectivity index (χ4n) is 3.52. The van der Waals surface area contributed by atoms with Gasteiger partial charge in [0.05, 0.1) is 23.8 Å². The molecule has 0 unspecified atom stereocenters. The monoisotopic (exact) mass is 448 g/mol. The molecule has 0 saturated heterocycles. The predicted octanol–water partition coefficient (Wildman–Crippen LogP) is 2.81. The number of aliphatic hydroxyl groups excluding tert-OH is 1. The third-order valence-electron chi connectivity index (χ3n) is 5.26. The van der Waals surface area contributed by atoms with Crippen LogP contribution in [0.15, 0.2) is 59.9 Å². The summed E-state index contributed by atoms with van der Waals surface area (Å²) in [5.74, 6) is 0.706. The maximum absolute atomic E-state index is 12.4. The van der Waals surface area contributed by atoms with Crippen LogP contribution in [0.25, 0.3) is 0 Å². The summed E-state index contributed by atoms with van der Waals surface area (Å²) in [7, 11) is 0. The average molecular weight is 448 g/mol. The molecule has 2 heterocycles. The number of ether oxygens (including phenoxy) is 1. The van der Waals surface area contributed by atoms with Gasteiger partial charge in [-0.1, -0.05) is 35.5 Å². The van der Waals surface area contributed by atoms with Crippen molar-refractivity contribution in [2.75, 3.05) is 17.2 Å². The molecule has 0 bridgehead atoms. The Morgan fingerprint density at radius 1 is 1.24 bits per heavy atom. The number of aliphatic hydroxyl groups is 1. The summed E-state index contributed by atoms with van der Waals surface area (Å²) in [5, 5.41) is 28.3. The molecular formula is C23H24N6O4. The fraction of sp³-hybridized carbons (Fsp3) is 0.217. The molecule has 0 spiro atoms. The predicted molar refractivity (Wildman–Crippen MR) is 123 cm³/mol. The quantitative estimate of drug-likeness (QED) is 0.159. The first-order valence-corrected chi connectivity index (χ1v) is 10.2. The van der Waals surface area contributed by atoms with Crippen molar-refractivity contribution in [3.05, 3.63) is 71.4 Å². The third kappa shape index (κ3) is 4.41. The van der Waals surface area contributed by atoms with Crippen LogP contribution >= 0.6 is 0 Å². The summed E-state index contributed by atoms with van der Waals surface area (Å²) in [6.07, 6.45) is 1.41. The Morgan fingerprint density at radius 3 is 2.70 bits per heavy atom. The first kappa shape index (κ1) is 22.0. The highest BCUT2D eigenvalue weighted by Gasteiger charge is 2.39. The number of hydrogen-bond acceptors (Lipinski definition) is 9. The van der Waals surface area contributed by atoms with Gasteiger partial charge in [0.25, 0.3) is 0 Å². The standard InChI is InChI=1S/C23H24N6O4/c1-23(2)19(31)15-9-8-14(10-18(15)33-23)26-22-25-11-16(20(24)29-32)21(28-22)27-17(12-30)13-6-4-3-5-7-13/h3-11,17,30,32H,12H2,1-2H3,(H2,24,29)(H2,25,26,27,28)/t17-/m1/s1. The molecule has 33 heavy (non-hydrogen) atoms. The first-order chi connectivity index (χ1) is 15.8. The minimum absolute atomic E-state index is 0.0779. The number of nitrogens with zero attached hydrogens (tertiary/aromatic N) is 3. The van der Waals surface area contributed by atoms with E-state index in [2.05, 4.69) is 25.8 Å². The summed E-state index contributed by atoms with van der Waals surface area (Å²) in [4.78, 5) is 21.1. The van der Waals surface area contributed by atoms with Crippen LogP contribution in [0.5, 0.6) is 5.75 Å². The zero-order valence-electron chi connectivity index (χ0n) is 18.1. The lowest BCUT2D eigenvalue weighted by Crippen LogP contribution is -2.31. The van der Waals surface area contributed by atoms with Crippen LogP contribution in [-0.4, -0.2) is 44.1 Å². The van der Waals surface area contributed by atoms with E-state index in [1.807, 2.05) is 30.3 Å². The van der Waals surface area contributed by atoms with E-state index in [0.717, 1.165) is 5.56 Å². The van der Waals surface area contributed by atoms with Gasteiger partial charge in [-0.3, -0.25) is 4.79 Å². The summed E-state index contributed by atoms with van der Waals surface area (Å²) < 4.78 is 5.76. The highest BCUT2D eigenvalue weighted by atomic mass is 16.5. The molecule has 0 fully saturated rings. The number of amidine groups is 1. The Balaban J connectivity index is 1.64. The molecule has 1 aliphatic heterocycles. The molecule has 0 amide bonds. The maximum atomic E-state index is 12.4. The molecule has 10 heteroatoms. The van der Waals surface area contributed by atoms with Gasteiger partial charge in [-0.2, -0.15) is 4.98 Å². The van der Waals surface area contributed by atoms with Gasteiger partial charge >= 0.3 is 0 Å². The van der Waals surface area contributed by atoms with E-state index in [1.165, 1.54) is 6.20 Å². The molecule has 0 aliphatic carbocycles. The topological polar surface area (TPSA) is 155 Å². The van der Waals surface area contributed by atoms with Gasteiger partial charge in [0.2, 0.25) is 11.7 Å². The van der Waals surface area contributed by atoms with Gasteiger partial charge in [0, 0.05) is 18.0 Å². The van der Waals surface area contributed by atoms with Crippen molar-refractivity contribution in [3.63, 3.8) is 0 Å². The van der Waals surface area contributed by atoms with Crippen LogP contribution in [0.4, 0.5) is 17.5 Å². The molecule has 10 nitrogen and oxygen atoms in total. The Hall–Kier alpha value is -4.18. The van der Waals surface area contributed by atoms with E-state index in [4.69, 9.17) is 15.7 Å². The van der Waals surface area contributed by atoms with Gasteiger partial charge in [0.15, 0.2) is 11.4 Å². The molecular weight excluding hydrogens is 424 g/mol. The van der Waals surface area contributed by atoms with Crippen LogP contribution < -0.4 is 21.1 Å². The van der Waals surface area contributed by atoms with E-state index in [1.54, 1.807) is 32.0 Å². The fourth-order valence-corrected chi connectivity index (χ4v) is 3.52. The van der Waals surface area contributed by atoms with Crippen molar-refractivity contribution >= 4 is 29.1 Å². The second kappa shape index (κ2) is 8.75. The van der Waals surface area contributed by atoms with Gasteiger partial charge in [-0.25, -0.2) is 4.98 Å². The Morgan fingerprint density at radius 2 is 2.00 bits per heavy atom. The largest absolute Gasteiger partial charge is 0.479 e. The molecule has 1 atom stereocenters. The molecule has 3 aromatic rings. The Labute approximate surface area is 190 Å². The van der Waals surface area contributed by atoms with E-state index in [0.29, 0.717) is 17.0 Å². The summed E-state index contributed by atoms with van der Waals surface area (Å²) >= 11 is 0. The SMILES string of the molecule is CC1(C)Oc2cc(Nc3ncc(C(N)=NO)c(N[C@H](CO)c4ccccc4)n3)ccc2C1=O. The molecule has 6 N–H and O–H groups in total. The number of carbonyl (C=O) groups excluding carboxylic acids is 1. The van der Waals surface area contributed by atoms with Gasteiger partial charge < -0.3 is 31.4 Å². The van der Waals surface area contributed by atoms with Crippen molar-refractivity contribution in [2.45, 2.75) is 25.5 Å². The van der Waals surface area contributed by atoms with Gasteiger partial charge in [-0.15, -0.1) is 0 Å². The molecule has 1 aliphatic rings. The number of fused-ring (bicyclic) bond motifs is 1. The highest BCUT2D eigenvalue weighted by molar-refractivity contribution is 6.07. The van der Waals surface area contributed by atoms with E-state index in [9.17, 15) is 9.90 Å². The normalized spacial score (nSPS) is 15.5. The number of carbonyl (C=O) groups is 1. The van der Waals surface area contributed by atoms with Crippen molar-refractivity contribution in [2.24, 2.45) is 10.9 Å².